The van der Waals surface area contributed by atoms with Gasteiger partial charge in [0.2, 0.25) is 5.54 Å². The molecule has 0 aliphatic carbocycles. The number of benzene rings is 1. The fraction of sp³-hybridized carbons (Fsp3) is 0.364. The molecule has 0 spiro atoms. The van der Waals surface area contributed by atoms with Gasteiger partial charge in [0.25, 0.3) is 5.69 Å². The van der Waals surface area contributed by atoms with Crippen LogP contribution in [0, 0.1) is 17.0 Å². The maximum absolute atomic E-state index is 12.9. The number of rotatable bonds is 4. The van der Waals surface area contributed by atoms with Gasteiger partial charge in [-0.15, -0.1) is 0 Å². The van der Waals surface area contributed by atoms with Crippen molar-refractivity contribution in [3.63, 3.8) is 0 Å². The van der Waals surface area contributed by atoms with Crippen LogP contribution in [0.3, 0.4) is 0 Å². The number of carbonyl (C=O) groups is 1. The predicted molar refractivity (Wildman–Crippen MR) is 68.6 cm³/mol. The Hall–Kier alpha value is -2.03. The van der Waals surface area contributed by atoms with Crippen molar-refractivity contribution in [2.45, 2.75) is 25.6 Å². The van der Waals surface area contributed by atoms with Crippen LogP contribution in [0.1, 0.15) is 12.5 Å². The number of aryl methyl sites for hydroxylation is 1. The molecule has 0 aliphatic rings. The number of hydrogen-bond acceptors (Lipinski definition) is 4. The van der Waals surface area contributed by atoms with E-state index in [-0.39, 0.29) is 11.3 Å². The normalized spacial score (nSPS) is 14.4. The molecule has 0 amide bonds. The molecule has 0 heterocycles. The fourth-order valence-electron chi connectivity index (χ4n) is 1.46. The molecule has 21 heavy (non-hydrogen) atoms. The second-order valence-corrected chi connectivity index (χ2v) is 4.84. The number of carboxylic acids is 1. The quantitative estimate of drug-likeness (QED) is 0.653. The highest BCUT2D eigenvalue weighted by Gasteiger charge is 2.57. The SMILES string of the molecule is Cc1cc([N+](=O)[O-])c(Cl)cc1NC(C)(C(=O)O)C(F)(F)F. The molecule has 1 rings (SSSR count). The summed E-state index contributed by atoms with van der Waals surface area (Å²) in [5, 5.41) is 20.9. The summed E-state index contributed by atoms with van der Waals surface area (Å²) in [5.41, 5.74) is -3.93. The Labute approximate surface area is 121 Å². The first kappa shape index (κ1) is 17.0. The van der Waals surface area contributed by atoms with E-state index in [9.17, 15) is 28.1 Å². The lowest BCUT2D eigenvalue weighted by Gasteiger charge is -2.30. The second kappa shape index (κ2) is 5.40. The largest absolute Gasteiger partial charge is 0.479 e. The minimum atomic E-state index is -5.08. The van der Waals surface area contributed by atoms with Crippen LogP contribution in [-0.4, -0.2) is 27.7 Å². The Kier molecular flexibility index (Phi) is 4.37. The van der Waals surface area contributed by atoms with Crippen molar-refractivity contribution in [2.24, 2.45) is 0 Å². The molecule has 1 aromatic rings. The van der Waals surface area contributed by atoms with Crippen LogP contribution in [0.2, 0.25) is 5.02 Å². The molecule has 0 saturated heterocycles. The van der Waals surface area contributed by atoms with Crippen molar-refractivity contribution in [1.29, 1.82) is 0 Å². The van der Waals surface area contributed by atoms with Gasteiger partial charge in [0.05, 0.1) is 4.92 Å². The topological polar surface area (TPSA) is 92.5 Å². The average Bonchev–Trinajstić information content (AvgIpc) is 2.31. The molecule has 0 radical (unpaired) electrons. The highest BCUT2D eigenvalue weighted by atomic mass is 35.5. The van der Waals surface area contributed by atoms with Crippen molar-refractivity contribution in [1.82, 2.24) is 0 Å². The van der Waals surface area contributed by atoms with Crippen LogP contribution in [0.15, 0.2) is 12.1 Å². The maximum Gasteiger partial charge on any atom is 0.422 e. The van der Waals surface area contributed by atoms with Gasteiger partial charge in [-0.3, -0.25) is 10.1 Å². The van der Waals surface area contributed by atoms with E-state index >= 15 is 0 Å². The van der Waals surface area contributed by atoms with Gasteiger partial charge in [-0.2, -0.15) is 13.2 Å². The number of nitrogens with zero attached hydrogens (tertiary/aromatic N) is 1. The van der Waals surface area contributed by atoms with Gasteiger partial charge in [-0.25, -0.2) is 4.79 Å². The minimum absolute atomic E-state index is 0.0582. The zero-order chi connectivity index (χ0) is 16.6. The Morgan fingerprint density at radius 1 is 1.43 bits per heavy atom. The molecule has 10 heteroatoms. The van der Waals surface area contributed by atoms with Crippen molar-refractivity contribution in [3.8, 4) is 0 Å². The lowest BCUT2D eigenvalue weighted by Crippen LogP contribution is -2.55. The summed E-state index contributed by atoms with van der Waals surface area (Å²) in [4.78, 5) is 20.8. The zero-order valence-electron chi connectivity index (χ0n) is 10.8. The van der Waals surface area contributed by atoms with E-state index in [1.54, 1.807) is 0 Å². The van der Waals surface area contributed by atoms with Gasteiger partial charge in [0, 0.05) is 11.8 Å². The fourth-order valence-corrected chi connectivity index (χ4v) is 1.69. The lowest BCUT2D eigenvalue weighted by molar-refractivity contribution is -0.384. The van der Waals surface area contributed by atoms with E-state index in [4.69, 9.17) is 16.7 Å². The number of alkyl halides is 3. The summed E-state index contributed by atoms with van der Waals surface area (Å²) in [7, 11) is 0. The highest BCUT2D eigenvalue weighted by Crippen LogP contribution is 2.37. The minimum Gasteiger partial charge on any atom is -0.479 e. The van der Waals surface area contributed by atoms with Crippen molar-refractivity contribution in [2.75, 3.05) is 5.32 Å². The van der Waals surface area contributed by atoms with E-state index in [2.05, 4.69) is 0 Å². The maximum atomic E-state index is 12.9. The number of halogens is 4. The van der Waals surface area contributed by atoms with Crippen LogP contribution in [0.4, 0.5) is 24.5 Å². The molecule has 0 fully saturated rings. The number of anilines is 1. The van der Waals surface area contributed by atoms with Crippen LogP contribution in [0.25, 0.3) is 0 Å². The first-order valence-electron chi connectivity index (χ1n) is 5.43. The smallest absolute Gasteiger partial charge is 0.422 e. The molecule has 2 N–H and O–H groups in total. The molecule has 0 aliphatic heterocycles. The Balaban J connectivity index is 3.33. The van der Waals surface area contributed by atoms with Gasteiger partial charge in [-0.1, -0.05) is 11.6 Å². The molecular weight excluding hydrogens is 317 g/mol. The van der Waals surface area contributed by atoms with Crippen molar-refractivity contribution < 1.29 is 28.0 Å². The molecule has 116 valence electrons. The van der Waals surface area contributed by atoms with E-state index in [0.717, 1.165) is 12.1 Å². The number of carboxylic acid groups (broad SMARTS) is 1. The number of aliphatic carboxylic acids is 1. The Morgan fingerprint density at radius 3 is 2.33 bits per heavy atom. The number of nitrogens with one attached hydrogen (secondary N) is 1. The van der Waals surface area contributed by atoms with E-state index in [0.29, 0.717) is 6.92 Å². The summed E-state index contributed by atoms with van der Waals surface area (Å²) in [5.74, 6) is -2.14. The monoisotopic (exact) mass is 326 g/mol. The summed E-state index contributed by atoms with van der Waals surface area (Å²) in [6.45, 7) is 1.74. The molecule has 1 aromatic carbocycles. The molecule has 0 bridgehead atoms. The lowest BCUT2D eigenvalue weighted by atomic mass is 10.0. The summed E-state index contributed by atoms with van der Waals surface area (Å²) >= 11 is 5.61. The van der Waals surface area contributed by atoms with Gasteiger partial charge >= 0.3 is 12.1 Å². The average molecular weight is 327 g/mol. The van der Waals surface area contributed by atoms with Gasteiger partial charge in [0.1, 0.15) is 5.02 Å². The third kappa shape index (κ3) is 3.18. The summed E-state index contributed by atoms with van der Waals surface area (Å²) in [6, 6.07) is 1.85. The molecule has 1 unspecified atom stereocenters. The summed E-state index contributed by atoms with van der Waals surface area (Å²) < 4.78 is 38.7. The number of hydrogen-bond donors (Lipinski definition) is 2. The van der Waals surface area contributed by atoms with Crippen molar-refractivity contribution >= 4 is 28.9 Å². The van der Waals surface area contributed by atoms with Crippen molar-refractivity contribution in [3.05, 3.63) is 32.8 Å². The zero-order valence-corrected chi connectivity index (χ0v) is 11.5. The van der Waals surface area contributed by atoms with E-state index < -0.39 is 33.3 Å². The first-order valence-corrected chi connectivity index (χ1v) is 5.81. The third-order valence-corrected chi connectivity index (χ3v) is 3.17. The molecule has 0 aromatic heterocycles. The first-order chi connectivity index (χ1) is 9.40. The molecule has 1 atom stereocenters. The highest BCUT2D eigenvalue weighted by molar-refractivity contribution is 6.33. The van der Waals surface area contributed by atoms with Crippen LogP contribution in [-0.2, 0) is 4.79 Å². The predicted octanol–water partition coefficient (Wildman–Crippen LogP) is 3.37. The van der Waals surface area contributed by atoms with Gasteiger partial charge in [-0.05, 0) is 25.5 Å². The van der Waals surface area contributed by atoms with E-state index in [1.807, 2.05) is 5.32 Å². The second-order valence-electron chi connectivity index (χ2n) is 4.43. The number of nitro groups is 1. The molecule has 6 nitrogen and oxygen atoms in total. The van der Waals surface area contributed by atoms with Gasteiger partial charge < -0.3 is 10.4 Å². The molecule has 0 saturated carbocycles. The van der Waals surface area contributed by atoms with E-state index in [1.165, 1.54) is 6.92 Å². The third-order valence-electron chi connectivity index (χ3n) is 2.87. The Bertz CT molecular complexity index is 606. The van der Waals surface area contributed by atoms with Crippen LogP contribution >= 0.6 is 11.6 Å². The van der Waals surface area contributed by atoms with Crippen LogP contribution < -0.4 is 5.32 Å². The Morgan fingerprint density at radius 2 is 1.95 bits per heavy atom. The summed E-state index contributed by atoms with van der Waals surface area (Å²) in [6.07, 6.45) is -5.08. The standard InChI is InChI=1S/C11H10ClF3N2O4/c1-5-3-8(17(20)21)6(12)4-7(5)16-10(2,9(18)19)11(13,14)15/h3-4,16H,1-2H3,(H,18,19). The molecular formula is C11H10ClF3N2O4. The van der Waals surface area contributed by atoms with Gasteiger partial charge in [0.15, 0.2) is 0 Å². The van der Waals surface area contributed by atoms with Crippen LogP contribution in [0.5, 0.6) is 0 Å². The number of nitro benzene ring substituents is 1.